The molecular formula is C20H25F4N3O3. The molecule has 30 heavy (non-hydrogen) atoms. The van der Waals surface area contributed by atoms with Gasteiger partial charge in [-0.25, -0.2) is 14.0 Å². The maximum Gasteiger partial charge on any atom is 0.418 e. The van der Waals surface area contributed by atoms with E-state index in [9.17, 15) is 27.2 Å². The van der Waals surface area contributed by atoms with Gasteiger partial charge in [0.05, 0.1) is 17.3 Å². The highest BCUT2D eigenvalue weighted by atomic mass is 19.4. The van der Waals surface area contributed by atoms with Gasteiger partial charge >= 0.3 is 18.3 Å². The van der Waals surface area contributed by atoms with E-state index < -0.39 is 29.3 Å². The summed E-state index contributed by atoms with van der Waals surface area (Å²) in [5.41, 5.74) is -2.11. The molecule has 1 atom stereocenters. The van der Waals surface area contributed by atoms with Crippen LogP contribution in [0.4, 0.5) is 32.8 Å². The molecule has 6 nitrogen and oxygen atoms in total. The Labute approximate surface area is 172 Å². The minimum Gasteiger partial charge on any atom is -0.447 e. The SMILES string of the molecule is CC(C)CC1COC(=O)N1C1CCN(C(=O)Nc2c(F)cccc2C(F)(F)F)CC1. The Balaban J connectivity index is 1.63. The minimum absolute atomic E-state index is 0.0179. The van der Waals surface area contributed by atoms with Crippen LogP contribution in [0, 0.1) is 11.7 Å². The third-order valence-electron chi connectivity index (χ3n) is 5.44. The molecule has 2 aliphatic heterocycles. The van der Waals surface area contributed by atoms with Crippen LogP contribution in [-0.4, -0.2) is 53.7 Å². The fourth-order valence-electron chi connectivity index (χ4n) is 4.06. The van der Waals surface area contributed by atoms with Crippen molar-refractivity contribution in [1.82, 2.24) is 9.80 Å². The molecule has 2 saturated heterocycles. The molecule has 0 radical (unpaired) electrons. The highest BCUT2D eigenvalue weighted by Crippen LogP contribution is 2.36. The fourth-order valence-corrected chi connectivity index (χ4v) is 4.06. The molecule has 1 unspecified atom stereocenters. The third kappa shape index (κ3) is 4.79. The molecule has 0 saturated carbocycles. The van der Waals surface area contributed by atoms with E-state index in [1.807, 2.05) is 0 Å². The average molecular weight is 431 g/mol. The second-order valence-corrected chi connectivity index (χ2v) is 8.08. The number of cyclic esters (lactones) is 1. The Morgan fingerprint density at radius 2 is 1.93 bits per heavy atom. The minimum atomic E-state index is -4.79. The molecular weight excluding hydrogens is 406 g/mol. The predicted octanol–water partition coefficient (Wildman–Crippen LogP) is 4.71. The molecule has 1 N–H and O–H groups in total. The summed E-state index contributed by atoms with van der Waals surface area (Å²) in [7, 11) is 0. The highest BCUT2D eigenvalue weighted by molar-refractivity contribution is 5.90. The Bertz CT molecular complexity index is 792. The number of urea groups is 1. The number of hydrogen-bond acceptors (Lipinski definition) is 3. The summed E-state index contributed by atoms with van der Waals surface area (Å²) in [6.07, 6.45) is -3.41. The number of alkyl halides is 3. The van der Waals surface area contributed by atoms with Crippen LogP contribution in [0.1, 0.15) is 38.7 Å². The van der Waals surface area contributed by atoms with Crippen molar-refractivity contribution in [2.45, 2.75) is 51.4 Å². The van der Waals surface area contributed by atoms with Crippen LogP contribution in [0.3, 0.4) is 0 Å². The van der Waals surface area contributed by atoms with E-state index in [0.29, 0.717) is 25.4 Å². The number of nitrogens with zero attached hydrogens (tertiary/aromatic N) is 2. The van der Waals surface area contributed by atoms with Gasteiger partial charge in [0.15, 0.2) is 0 Å². The van der Waals surface area contributed by atoms with Crippen LogP contribution in [0.5, 0.6) is 0 Å². The number of carbonyl (C=O) groups is 2. The van der Waals surface area contributed by atoms with Crippen LogP contribution in [0.15, 0.2) is 18.2 Å². The molecule has 166 valence electrons. The van der Waals surface area contributed by atoms with Crippen molar-refractivity contribution in [3.63, 3.8) is 0 Å². The molecule has 1 aromatic carbocycles. The zero-order chi connectivity index (χ0) is 22.1. The summed E-state index contributed by atoms with van der Waals surface area (Å²) in [6.45, 7) is 4.94. The Kier molecular flexibility index (Phi) is 6.42. The van der Waals surface area contributed by atoms with Crippen LogP contribution >= 0.6 is 0 Å². The number of para-hydroxylation sites is 1. The van der Waals surface area contributed by atoms with Gasteiger partial charge in [0.2, 0.25) is 0 Å². The number of hydrogen-bond donors (Lipinski definition) is 1. The van der Waals surface area contributed by atoms with Gasteiger partial charge in [-0.05, 0) is 37.3 Å². The zero-order valence-electron chi connectivity index (χ0n) is 16.8. The number of rotatable bonds is 4. The summed E-state index contributed by atoms with van der Waals surface area (Å²) < 4.78 is 58.5. The van der Waals surface area contributed by atoms with E-state index in [1.165, 1.54) is 4.90 Å². The Morgan fingerprint density at radius 3 is 2.53 bits per heavy atom. The number of piperidine rings is 1. The van der Waals surface area contributed by atoms with Crippen molar-refractivity contribution in [3.05, 3.63) is 29.6 Å². The van der Waals surface area contributed by atoms with Gasteiger partial charge in [0, 0.05) is 19.1 Å². The van der Waals surface area contributed by atoms with Crippen molar-refractivity contribution in [3.8, 4) is 0 Å². The smallest absolute Gasteiger partial charge is 0.418 e. The largest absolute Gasteiger partial charge is 0.447 e. The quantitative estimate of drug-likeness (QED) is 0.703. The molecule has 0 bridgehead atoms. The molecule has 1 aromatic rings. The zero-order valence-corrected chi connectivity index (χ0v) is 16.8. The van der Waals surface area contributed by atoms with Crippen LogP contribution in [0.25, 0.3) is 0 Å². The number of halogens is 4. The predicted molar refractivity (Wildman–Crippen MR) is 101 cm³/mol. The first-order valence-corrected chi connectivity index (χ1v) is 9.94. The van der Waals surface area contributed by atoms with Crippen LogP contribution in [-0.2, 0) is 10.9 Å². The van der Waals surface area contributed by atoms with Gasteiger partial charge in [0.1, 0.15) is 12.4 Å². The van der Waals surface area contributed by atoms with Crippen molar-refractivity contribution in [2.24, 2.45) is 5.92 Å². The molecule has 3 amide bonds. The first-order valence-electron chi connectivity index (χ1n) is 9.94. The summed E-state index contributed by atoms with van der Waals surface area (Å²) in [4.78, 5) is 27.7. The van der Waals surface area contributed by atoms with Gasteiger partial charge < -0.3 is 15.0 Å². The molecule has 2 fully saturated rings. The summed E-state index contributed by atoms with van der Waals surface area (Å²) in [6, 6.07) is 1.61. The van der Waals surface area contributed by atoms with E-state index in [-0.39, 0.29) is 31.3 Å². The summed E-state index contributed by atoms with van der Waals surface area (Å²) in [5.74, 6) is -0.758. The lowest BCUT2D eigenvalue weighted by molar-refractivity contribution is -0.137. The molecule has 10 heteroatoms. The topological polar surface area (TPSA) is 61.9 Å². The van der Waals surface area contributed by atoms with Gasteiger partial charge in [-0.15, -0.1) is 0 Å². The van der Waals surface area contributed by atoms with Crippen LogP contribution in [0.2, 0.25) is 0 Å². The fraction of sp³-hybridized carbons (Fsp3) is 0.600. The van der Waals surface area contributed by atoms with Crippen molar-refractivity contribution in [1.29, 1.82) is 0 Å². The number of benzene rings is 1. The number of likely N-dealkylation sites (tertiary alicyclic amines) is 1. The van der Waals surface area contributed by atoms with E-state index in [0.717, 1.165) is 24.6 Å². The number of ether oxygens (including phenoxy) is 1. The van der Waals surface area contributed by atoms with E-state index >= 15 is 0 Å². The molecule has 0 spiro atoms. The third-order valence-corrected chi connectivity index (χ3v) is 5.44. The second-order valence-electron chi connectivity index (χ2n) is 8.08. The highest BCUT2D eigenvalue weighted by Gasteiger charge is 2.40. The first-order chi connectivity index (χ1) is 14.1. The second kappa shape index (κ2) is 8.69. The molecule has 3 rings (SSSR count). The maximum absolute atomic E-state index is 14.0. The molecule has 0 aliphatic carbocycles. The number of amides is 3. The normalized spacial score (nSPS) is 20.6. The van der Waals surface area contributed by atoms with E-state index in [4.69, 9.17) is 4.74 Å². The van der Waals surface area contributed by atoms with Gasteiger partial charge in [-0.1, -0.05) is 19.9 Å². The standard InChI is InChI=1S/C20H25F4N3O3/c1-12(2)10-14-11-30-19(29)27(14)13-6-8-26(9-7-13)18(28)25-17-15(20(22,23)24)4-3-5-16(17)21/h3-5,12-14H,6-11H2,1-2H3,(H,25,28). The summed E-state index contributed by atoms with van der Waals surface area (Å²) >= 11 is 0. The van der Waals surface area contributed by atoms with Gasteiger partial charge in [0.25, 0.3) is 0 Å². The van der Waals surface area contributed by atoms with E-state index in [2.05, 4.69) is 19.2 Å². The maximum atomic E-state index is 14.0. The first kappa shape index (κ1) is 22.2. The molecule has 2 heterocycles. The van der Waals surface area contributed by atoms with Gasteiger partial charge in [-0.3, -0.25) is 4.90 Å². The number of nitrogens with one attached hydrogen (secondary N) is 1. The average Bonchev–Trinajstić information content (AvgIpc) is 3.02. The summed E-state index contributed by atoms with van der Waals surface area (Å²) in [5, 5.41) is 2.07. The number of anilines is 1. The number of carbonyl (C=O) groups excluding carboxylic acids is 2. The molecule has 2 aliphatic rings. The Hall–Kier alpha value is -2.52. The van der Waals surface area contributed by atoms with Crippen LogP contribution < -0.4 is 5.32 Å². The lowest BCUT2D eigenvalue weighted by Gasteiger charge is -2.38. The van der Waals surface area contributed by atoms with Gasteiger partial charge in [-0.2, -0.15) is 13.2 Å². The van der Waals surface area contributed by atoms with Crippen molar-refractivity contribution in [2.75, 3.05) is 25.0 Å². The lowest BCUT2D eigenvalue weighted by Crippen LogP contribution is -2.50. The van der Waals surface area contributed by atoms with E-state index in [1.54, 1.807) is 4.90 Å². The van der Waals surface area contributed by atoms with Crippen molar-refractivity contribution < 1.29 is 31.9 Å². The Morgan fingerprint density at radius 1 is 1.27 bits per heavy atom. The lowest BCUT2D eigenvalue weighted by atomic mass is 9.98. The van der Waals surface area contributed by atoms with Crippen molar-refractivity contribution >= 4 is 17.8 Å². The molecule has 0 aromatic heterocycles. The monoisotopic (exact) mass is 431 g/mol.